The number of carbonyl (C=O) groups excluding carboxylic acids is 2. The number of carbonyl (C=O) groups is 2. The summed E-state index contributed by atoms with van der Waals surface area (Å²) in [6.07, 6.45) is 1.02. The van der Waals surface area contributed by atoms with Gasteiger partial charge >= 0.3 is 5.97 Å². The van der Waals surface area contributed by atoms with Crippen molar-refractivity contribution in [2.75, 3.05) is 17.6 Å². The van der Waals surface area contributed by atoms with Crippen LogP contribution in [-0.2, 0) is 14.8 Å². The lowest BCUT2D eigenvalue weighted by Crippen LogP contribution is -2.15. The van der Waals surface area contributed by atoms with Gasteiger partial charge in [-0.05, 0) is 57.2 Å². The molecule has 7 nitrogen and oxygen atoms in total. The molecule has 0 spiro atoms. The van der Waals surface area contributed by atoms with E-state index in [1.54, 1.807) is 6.07 Å². The fraction of sp³-hybridized carbons (Fsp3) is 0.217. The van der Waals surface area contributed by atoms with Crippen molar-refractivity contribution in [2.45, 2.75) is 20.8 Å². The molecule has 0 saturated carbocycles. The van der Waals surface area contributed by atoms with E-state index in [2.05, 4.69) is 4.72 Å². The Morgan fingerprint density at radius 3 is 2.32 bits per heavy atom. The van der Waals surface area contributed by atoms with Gasteiger partial charge in [-0.25, -0.2) is 13.2 Å². The molecule has 0 amide bonds. The van der Waals surface area contributed by atoms with Gasteiger partial charge in [0, 0.05) is 28.3 Å². The lowest BCUT2D eigenvalue weighted by molar-refractivity contribution is 0.0474. The number of sulfonamides is 1. The predicted molar refractivity (Wildman–Crippen MR) is 120 cm³/mol. The van der Waals surface area contributed by atoms with E-state index >= 15 is 0 Å². The Morgan fingerprint density at radius 2 is 1.68 bits per heavy atom. The number of hydrogen-bond acceptors (Lipinski definition) is 5. The molecule has 0 aliphatic heterocycles. The third kappa shape index (κ3) is 5.40. The summed E-state index contributed by atoms with van der Waals surface area (Å²) in [5, 5.41) is 0. The highest BCUT2D eigenvalue weighted by molar-refractivity contribution is 7.92. The fourth-order valence-electron chi connectivity index (χ4n) is 3.35. The Hall–Kier alpha value is -3.39. The molecule has 0 unspecified atom stereocenters. The van der Waals surface area contributed by atoms with Crippen LogP contribution in [0.4, 0.5) is 5.69 Å². The zero-order valence-corrected chi connectivity index (χ0v) is 18.6. The average Bonchev–Trinajstić information content (AvgIpc) is 3.00. The monoisotopic (exact) mass is 440 g/mol. The summed E-state index contributed by atoms with van der Waals surface area (Å²) in [6, 6.07) is 15.7. The van der Waals surface area contributed by atoms with Gasteiger partial charge in [0.2, 0.25) is 15.8 Å². The maximum absolute atomic E-state index is 12.7. The average molecular weight is 441 g/mol. The van der Waals surface area contributed by atoms with Crippen molar-refractivity contribution in [1.29, 1.82) is 0 Å². The van der Waals surface area contributed by atoms with Crippen molar-refractivity contribution >= 4 is 27.5 Å². The minimum Gasteiger partial charge on any atom is -0.454 e. The quantitative estimate of drug-likeness (QED) is 0.445. The third-order valence-electron chi connectivity index (χ3n) is 4.76. The smallest absolute Gasteiger partial charge is 0.338 e. The Balaban J connectivity index is 1.73. The molecule has 1 aromatic heterocycles. The van der Waals surface area contributed by atoms with E-state index in [0.717, 1.165) is 28.9 Å². The standard InChI is InChI=1S/C23H24N2O5S/c1-15-8-10-20(11-9-15)25-16(2)12-21(17(25)3)22(26)14-30-23(27)18-6-5-7-19(13-18)24-31(4,28)29/h5-13,24H,14H2,1-4H3. The molecular formula is C23H24N2O5S. The number of aromatic nitrogens is 1. The number of esters is 1. The third-order valence-corrected chi connectivity index (χ3v) is 5.37. The van der Waals surface area contributed by atoms with Gasteiger partial charge in [0.05, 0.1) is 11.8 Å². The summed E-state index contributed by atoms with van der Waals surface area (Å²) < 4.78 is 32.2. The van der Waals surface area contributed by atoms with Crippen LogP contribution in [0, 0.1) is 20.8 Å². The van der Waals surface area contributed by atoms with Crippen LogP contribution < -0.4 is 4.72 Å². The first-order chi connectivity index (χ1) is 14.5. The van der Waals surface area contributed by atoms with Gasteiger partial charge < -0.3 is 9.30 Å². The number of nitrogens with zero attached hydrogens (tertiary/aromatic N) is 1. The van der Waals surface area contributed by atoms with Crippen LogP contribution in [0.1, 0.15) is 37.7 Å². The highest BCUT2D eigenvalue weighted by atomic mass is 32.2. The highest BCUT2D eigenvalue weighted by Gasteiger charge is 2.19. The fourth-order valence-corrected chi connectivity index (χ4v) is 3.91. The van der Waals surface area contributed by atoms with Gasteiger partial charge in [-0.1, -0.05) is 23.8 Å². The summed E-state index contributed by atoms with van der Waals surface area (Å²) in [5.74, 6) is -1.02. The van der Waals surface area contributed by atoms with Crippen molar-refractivity contribution in [1.82, 2.24) is 4.57 Å². The van der Waals surface area contributed by atoms with E-state index in [0.29, 0.717) is 5.56 Å². The molecule has 2 aromatic carbocycles. The first kappa shape index (κ1) is 22.3. The van der Waals surface area contributed by atoms with Crippen LogP contribution >= 0.6 is 0 Å². The lowest BCUT2D eigenvalue weighted by atomic mass is 10.1. The topological polar surface area (TPSA) is 94.5 Å². The van der Waals surface area contributed by atoms with Crippen molar-refractivity contribution < 1.29 is 22.7 Å². The van der Waals surface area contributed by atoms with Gasteiger partial charge in [-0.2, -0.15) is 0 Å². The molecule has 0 aliphatic carbocycles. The van der Waals surface area contributed by atoms with Crippen LogP contribution in [0.3, 0.4) is 0 Å². The number of hydrogen-bond donors (Lipinski definition) is 1. The van der Waals surface area contributed by atoms with Gasteiger partial charge in [0.1, 0.15) is 0 Å². The molecule has 31 heavy (non-hydrogen) atoms. The van der Waals surface area contributed by atoms with Gasteiger partial charge in [-0.3, -0.25) is 9.52 Å². The van der Waals surface area contributed by atoms with Gasteiger partial charge in [0.25, 0.3) is 0 Å². The van der Waals surface area contributed by atoms with Crippen LogP contribution in [-0.4, -0.2) is 37.6 Å². The largest absolute Gasteiger partial charge is 0.454 e. The number of benzene rings is 2. The molecule has 0 fully saturated rings. The number of Topliss-reactive ketones (excluding diaryl/α,β-unsaturated/α-hetero) is 1. The second-order valence-electron chi connectivity index (χ2n) is 7.41. The summed E-state index contributed by atoms with van der Waals surface area (Å²) in [4.78, 5) is 25.1. The molecule has 3 rings (SSSR count). The number of ether oxygens (including phenoxy) is 1. The first-order valence-electron chi connectivity index (χ1n) is 9.59. The lowest BCUT2D eigenvalue weighted by Gasteiger charge is -2.10. The van der Waals surface area contributed by atoms with Crippen molar-refractivity contribution in [2.24, 2.45) is 0 Å². The van der Waals surface area contributed by atoms with E-state index < -0.39 is 22.6 Å². The molecule has 0 saturated heterocycles. The second-order valence-corrected chi connectivity index (χ2v) is 9.16. The van der Waals surface area contributed by atoms with Crippen LogP contribution in [0.15, 0.2) is 54.6 Å². The molecule has 0 atom stereocenters. The zero-order chi connectivity index (χ0) is 22.8. The van der Waals surface area contributed by atoms with E-state index in [4.69, 9.17) is 4.74 Å². The van der Waals surface area contributed by atoms with Gasteiger partial charge in [-0.15, -0.1) is 0 Å². The normalized spacial score (nSPS) is 11.2. The highest BCUT2D eigenvalue weighted by Crippen LogP contribution is 2.22. The predicted octanol–water partition coefficient (Wildman–Crippen LogP) is 3.81. The SMILES string of the molecule is Cc1ccc(-n2c(C)cc(C(=O)COC(=O)c3cccc(NS(C)(=O)=O)c3)c2C)cc1. The minimum atomic E-state index is -3.47. The molecule has 1 N–H and O–H groups in total. The van der Waals surface area contributed by atoms with E-state index in [-0.39, 0.29) is 17.0 Å². The van der Waals surface area contributed by atoms with Crippen LogP contribution in [0.25, 0.3) is 5.69 Å². The summed E-state index contributed by atoms with van der Waals surface area (Å²) in [6.45, 7) is 5.36. The van der Waals surface area contributed by atoms with E-state index in [1.165, 1.54) is 24.3 Å². The van der Waals surface area contributed by atoms with Crippen molar-refractivity contribution in [3.8, 4) is 5.69 Å². The number of aryl methyl sites for hydroxylation is 2. The number of anilines is 1. The number of ketones is 1. The Labute approximate surface area is 181 Å². The first-order valence-corrected chi connectivity index (χ1v) is 11.5. The Kier molecular flexibility index (Phi) is 6.31. The number of rotatable bonds is 7. The molecule has 1 heterocycles. The summed E-state index contributed by atoms with van der Waals surface area (Å²) >= 11 is 0. The molecule has 162 valence electrons. The van der Waals surface area contributed by atoms with Crippen molar-refractivity contribution in [3.63, 3.8) is 0 Å². The van der Waals surface area contributed by atoms with E-state index in [9.17, 15) is 18.0 Å². The maximum atomic E-state index is 12.7. The van der Waals surface area contributed by atoms with Crippen LogP contribution in [0.5, 0.6) is 0 Å². The van der Waals surface area contributed by atoms with Crippen LogP contribution in [0.2, 0.25) is 0 Å². The summed E-state index contributed by atoms with van der Waals surface area (Å²) in [5.41, 5.74) is 4.63. The Morgan fingerprint density at radius 1 is 1.00 bits per heavy atom. The molecule has 0 aliphatic rings. The Bertz CT molecular complexity index is 1240. The number of nitrogens with one attached hydrogen (secondary N) is 1. The minimum absolute atomic E-state index is 0.145. The molecule has 8 heteroatoms. The second kappa shape index (κ2) is 8.77. The molecular weight excluding hydrogens is 416 g/mol. The van der Waals surface area contributed by atoms with E-state index in [1.807, 2.05) is 49.6 Å². The maximum Gasteiger partial charge on any atom is 0.338 e. The molecule has 0 bridgehead atoms. The molecule has 0 radical (unpaired) electrons. The summed E-state index contributed by atoms with van der Waals surface area (Å²) in [7, 11) is -3.47. The van der Waals surface area contributed by atoms with Gasteiger partial charge in [0.15, 0.2) is 6.61 Å². The molecule has 3 aromatic rings. The van der Waals surface area contributed by atoms with Crippen molar-refractivity contribution in [3.05, 3.63) is 82.7 Å². The zero-order valence-electron chi connectivity index (χ0n) is 17.8.